The summed E-state index contributed by atoms with van der Waals surface area (Å²) in [7, 11) is 1.59. The number of aryl methyl sites for hydroxylation is 2. The van der Waals surface area contributed by atoms with Gasteiger partial charge in [-0.3, -0.25) is 4.98 Å². The second-order valence-corrected chi connectivity index (χ2v) is 3.52. The predicted octanol–water partition coefficient (Wildman–Crippen LogP) is 1.33. The first-order chi connectivity index (χ1) is 6.72. The molecule has 0 fully saturated rings. The third kappa shape index (κ3) is 3.85. The number of aliphatic hydroxyl groups excluding tert-OH is 1. The summed E-state index contributed by atoms with van der Waals surface area (Å²) < 4.78 is 4.85. The molecule has 1 rings (SSSR count). The maximum atomic E-state index is 9.43. The van der Waals surface area contributed by atoms with Crippen LogP contribution in [0, 0.1) is 6.92 Å². The van der Waals surface area contributed by atoms with Crippen molar-refractivity contribution < 1.29 is 9.84 Å². The zero-order valence-corrected chi connectivity index (χ0v) is 8.73. The molecule has 1 aromatic heterocycles. The van der Waals surface area contributed by atoms with Crippen molar-refractivity contribution >= 4 is 0 Å². The van der Waals surface area contributed by atoms with E-state index in [0.29, 0.717) is 6.61 Å². The summed E-state index contributed by atoms with van der Waals surface area (Å²) in [6.45, 7) is 2.42. The van der Waals surface area contributed by atoms with E-state index in [1.54, 1.807) is 7.11 Å². The summed E-state index contributed by atoms with van der Waals surface area (Å²) in [6.07, 6.45) is 4.86. The van der Waals surface area contributed by atoms with Crippen LogP contribution in [0.25, 0.3) is 0 Å². The predicted molar refractivity (Wildman–Crippen MR) is 55.2 cm³/mol. The van der Waals surface area contributed by atoms with Crippen molar-refractivity contribution in [2.24, 2.45) is 0 Å². The van der Waals surface area contributed by atoms with Gasteiger partial charge in [0.15, 0.2) is 0 Å². The highest BCUT2D eigenvalue weighted by atomic mass is 16.5. The van der Waals surface area contributed by atoms with E-state index in [2.05, 4.69) is 11.1 Å². The fraction of sp³-hybridized carbons (Fsp3) is 0.545. The van der Waals surface area contributed by atoms with Crippen LogP contribution >= 0.6 is 0 Å². The minimum absolute atomic E-state index is 0.375. The highest BCUT2D eigenvalue weighted by Crippen LogP contribution is 2.06. The Morgan fingerprint density at radius 3 is 2.93 bits per heavy atom. The fourth-order valence-electron chi connectivity index (χ4n) is 1.36. The Morgan fingerprint density at radius 1 is 1.50 bits per heavy atom. The SMILES string of the molecule is COCC(O)CCc1cncc(C)c1. The van der Waals surface area contributed by atoms with Gasteiger partial charge >= 0.3 is 0 Å². The van der Waals surface area contributed by atoms with E-state index in [0.717, 1.165) is 18.4 Å². The number of methoxy groups -OCH3 is 1. The maximum absolute atomic E-state index is 9.43. The second kappa shape index (κ2) is 5.73. The van der Waals surface area contributed by atoms with Crippen molar-refractivity contribution in [2.75, 3.05) is 13.7 Å². The van der Waals surface area contributed by atoms with Gasteiger partial charge in [-0.15, -0.1) is 0 Å². The molecule has 0 aliphatic heterocycles. The number of rotatable bonds is 5. The van der Waals surface area contributed by atoms with Gasteiger partial charge in [0, 0.05) is 19.5 Å². The molecule has 3 nitrogen and oxygen atoms in total. The zero-order valence-electron chi connectivity index (χ0n) is 8.73. The van der Waals surface area contributed by atoms with Gasteiger partial charge in [-0.2, -0.15) is 0 Å². The molecule has 0 radical (unpaired) electrons. The number of pyridine rings is 1. The van der Waals surface area contributed by atoms with E-state index < -0.39 is 0 Å². The van der Waals surface area contributed by atoms with Crippen LogP contribution in [0.4, 0.5) is 0 Å². The Kier molecular flexibility index (Phi) is 4.56. The summed E-state index contributed by atoms with van der Waals surface area (Å²) in [5.74, 6) is 0. The van der Waals surface area contributed by atoms with Crippen LogP contribution in [0.1, 0.15) is 17.5 Å². The molecule has 0 spiro atoms. The Bertz CT molecular complexity index is 276. The lowest BCUT2D eigenvalue weighted by molar-refractivity contribution is 0.0595. The third-order valence-electron chi connectivity index (χ3n) is 2.06. The lowest BCUT2D eigenvalue weighted by Gasteiger charge is -2.08. The number of aromatic nitrogens is 1. The first-order valence-electron chi connectivity index (χ1n) is 4.80. The smallest absolute Gasteiger partial charge is 0.0776 e. The number of hydrogen-bond donors (Lipinski definition) is 1. The monoisotopic (exact) mass is 195 g/mol. The molecule has 0 saturated heterocycles. The lowest BCUT2D eigenvalue weighted by atomic mass is 10.1. The van der Waals surface area contributed by atoms with E-state index in [9.17, 15) is 5.11 Å². The zero-order chi connectivity index (χ0) is 10.4. The van der Waals surface area contributed by atoms with Crippen LogP contribution in [-0.2, 0) is 11.2 Å². The molecule has 78 valence electrons. The van der Waals surface area contributed by atoms with Gasteiger partial charge in [-0.25, -0.2) is 0 Å². The Hall–Kier alpha value is -0.930. The highest BCUT2D eigenvalue weighted by molar-refractivity contribution is 5.16. The van der Waals surface area contributed by atoms with Crippen LogP contribution in [0.2, 0.25) is 0 Å². The van der Waals surface area contributed by atoms with E-state index in [4.69, 9.17) is 4.74 Å². The maximum Gasteiger partial charge on any atom is 0.0776 e. The van der Waals surface area contributed by atoms with Gasteiger partial charge in [-0.1, -0.05) is 6.07 Å². The van der Waals surface area contributed by atoms with Gasteiger partial charge in [0.05, 0.1) is 12.7 Å². The summed E-state index contributed by atoms with van der Waals surface area (Å²) >= 11 is 0. The topological polar surface area (TPSA) is 42.4 Å². The molecule has 1 aromatic rings. The minimum atomic E-state index is -0.375. The molecular formula is C11H17NO2. The first kappa shape index (κ1) is 11.1. The average molecular weight is 195 g/mol. The fourth-order valence-corrected chi connectivity index (χ4v) is 1.36. The standard InChI is InChI=1S/C11H17NO2/c1-9-5-10(7-12-6-9)3-4-11(13)8-14-2/h5-7,11,13H,3-4,8H2,1-2H3. The summed E-state index contributed by atoms with van der Waals surface area (Å²) in [6, 6.07) is 2.09. The third-order valence-corrected chi connectivity index (χ3v) is 2.06. The van der Waals surface area contributed by atoms with Crippen molar-refractivity contribution in [1.82, 2.24) is 4.98 Å². The highest BCUT2D eigenvalue weighted by Gasteiger charge is 2.03. The number of aliphatic hydroxyl groups is 1. The van der Waals surface area contributed by atoms with Crippen LogP contribution in [-0.4, -0.2) is 29.9 Å². The number of nitrogens with zero attached hydrogens (tertiary/aromatic N) is 1. The molecule has 3 heteroatoms. The van der Waals surface area contributed by atoms with E-state index in [1.807, 2.05) is 19.3 Å². The Balaban J connectivity index is 2.37. The minimum Gasteiger partial charge on any atom is -0.391 e. The van der Waals surface area contributed by atoms with Gasteiger partial charge in [0.25, 0.3) is 0 Å². The molecule has 0 aliphatic carbocycles. The van der Waals surface area contributed by atoms with Crippen molar-refractivity contribution in [3.63, 3.8) is 0 Å². The quantitative estimate of drug-likeness (QED) is 0.770. The molecule has 1 atom stereocenters. The summed E-state index contributed by atoms with van der Waals surface area (Å²) in [5, 5.41) is 9.43. The lowest BCUT2D eigenvalue weighted by Crippen LogP contribution is -2.14. The molecular weight excluding hydrogens is 178 g/mol. The van der Waals surface area contributed by atoms with E-state index >= 15 is 0 Å². The normalized spacial score (nSPS) is 12.8. The molecule has 1 heterocycles. The Morgan fingerprint density at radius 2 is 2.29 bits per heavy atom. The number of ether oxygens (including phenoxy) is 1. The molecule has 0 aliphatic rings. The number of hydrogen-bond acceptors (Lipinski definition) is 3. The second-order valence-electron chi connectivity index (χ2n) is 3.52. The van der Waals surface area contributed by atoms with Crippen LogP contribution in [0.3, 0.4) is 0 Å². The summed E-state index contributed by atoms with van der Waals surface area (Å²) in [5.41, 5.74) is 2.32. The molecule has 1 unspecified atom stereocenters. The largest absolute Gasteiger partial charge is 0.391 e. The van der Waals surface area contributed by atoms with E-state index in [1.165, 1.54) is 5.56 Å². The molecule has 0 bridgehead atoms. The van der Waals surface area contributed by atoms with Crippen LogP contribution in [0.15, 0.2) is 18.5 Å². The van der Waals surface area contributed by atoms with Crippen molar-refractivity contribution in [3.8, 4) is 0 Å². The van der Waals surface area contributed by atoms with Gasteiger partial charge in [0.1, 0.15) is 0 Å². The van der Waals surface area contributed by atoms with Crippen molar-refractivity contribution in [3.05, 3.63) is 29.6 Å². The Labute approximate surface area is 84.7 Å². The van der Waals surface area contributed by atoms with Crippen molar-refractivity contribution in [2.45, 2.75) is 25.9 Å². The van der Waals surface area contributed by atoms with Gasteiger partial charge in [-0.05, 0) is 30.9 Å². The van der Waals surface area contributed by atoms with E-state index in [-0.39, 0.29) is 6.10 Å². The summed E-state index contributed by atoms with van der Waals surface area (Å²) in [4.78, 5) is 4.10. The molecule has 0 aromatic carbocycles. The first-order valence-corrected chi connectivity index (χ1v) is 4.80. The van der Waals surface area contributed by atoms with Gasteiger partial charge < -0.3 is 9.84 Å². The molecule has 0 amide bonds. The van der Waals surface area contributed by atoms with Crippen molar-refractivity contribution in [1.29, 1.82) is 0 Å². The average Bonchev–Trinajstić information content (AvgIpc) is 2.15. The molecule has 14 heavy (non-hydrogen) atoms. The van der Waals surface area contributed by atoms with Crippen LogP contribution in [0.5, 0.6) is 0 Å². The molecule has 1 N–H and O–H groups in total. The van der Waals surface area contributed by atoms with Crippen LogP contribution < -0.4 is 0 Å². The molecule has 0 saturated carbocycles. The van der Waals surface area contributed by atoms with Gasteiger partial charge in [0.2, 0.25) is 0 Å².